The second-order valence-electron chi connectivity index (χ2n) is 8.24. The van der Waals surface area contributed by atoms with Crippen molar-refractivity contribution in [2.75, 3.05) is 38.2 Å². The van der Waals surface area contributed by atoms with Gasteiger partial charge in [0, 0.05) is 54.0 Å². The number of aryl methyl sites for hydroxylation is 1. The first-order valence-electron chi connectivity index (χ1n) is 11.0. The maximum atomic E-state index is 13.1. The largest absolute Gasteiger partial charge is 0.492 e. The Morgan fingerprint density at radius 1 is 1.00 bits per heavy atom. The third-order valence-corrected chi connectivity index (χ3v) is 6.38. The molecule has 1 aliphatic heterocycles. The SMILES string of the molecule is COc1c(N2CCN(C(=O)c3ccc(-c4ccnc(C)c4)cc3)CC2)[nH]c2ccc(Cl)cc12. The lowest BCUT2D eigenvalue weighted by Gasteiger charge is -2.35. The fourth-order valence-electron chi connectivity index (χ4n) is 4.40. The molecular weight excluding hydrogens is 436 g/mol. The van der Waals surface area contributed by atoms with Crippen LogP contribution >= 0.6 is 11.6 Å². The Hall–Kier alpha value is -3.51. The van der Waals surface area contributed by atoms with E-state index >= 15 is 0 Å². The molecule has 168 valence electrons. The van der Waals surface area contributed by atoms with Crippen molar-refractivity contribution in [3.8, 4) is 16.9 Å². The summed E-state index contributed by atoms with van der Waals surface area (Å²) < 4.78 is 5.69. The molecule has 1 N–H and O–H groups in total. The number of nitrogens with one attached hydrogen (secondary N) is 1. The Bertz CT molecular complexity index is 1310. The molecule has 5 rings (SSSR count). The minimum Gasteiger partial charge on any atom is -0.492 e. The number of aromatic amines is 1. The van der Waals surface area contributed by atoms with Crippen LogP contribution in [0.15, 0.2) is 60.8 Å². The van der Waals surface area contributed by atoms with Gasteiger partial charge in [-0.05, 0) is 60.5 Å². The predicted octanol–water partition coefficient (Wildman–Crippen LogP) is 5.16. The number of hydrogen-bond donors (Lipinski definition) is 1. The molecule has 1 amide bonds. The van der Waals surface area contributed by atoms with E-state index in [0.717, 1.165) is 52.4 Å². The Morgan fingerprint density at radius 3 is 2.45 bits per heavy atom. The molecule has 2 aromatic heterocycles. The highest BCUT2D eigenvalue weighted by Gasteiger charge is 2.26. The first-order valence-corrected chi connectivity index (χ1v) is 11.3. The third-order valence-electron chi connectivity index (χ3n) is 6.14. The molecule has 2 aromatic carbocycles. The van der Waals surface area contributed by atoms with Gasteiger partial charge in [-0.25, -0.2) is 0 Å². The van der Waals surface area contributed by atoms with E-state index in [2.05, 4.69) is 14.9 Å². The molecule has 1 aliphatic rings. The lowest BCUT2D eigenvalue weighted by atomic mass is 10.0. The standard InChI is InChI=1S/C26H25ClN4O2/c1-17-15-20(9-10-28-17)18-3-5-19(6-4-18)26(32)31-13-11-30(12-14-31)25-24(33-2)22-16-21(27)7-8-23(22)29-25/h3-10,15-16,29H,11-14H2,1-2H3. The fraction of sp³-hybridized carbons (Fsp3) is 0.231. The van der Waals surface area contributed by atoms with Gasteiger partial charge in [0.1, 0.15) is 5.82 Å². The molecule has 3 heterocycles. The number of H-pyrrole nitrogens is 1. The van der Waals surface area contributed by atoms with Crippen LogP contribution in [0, 0.1) is 6.92 Å². The number of aromatic nitrogens is 2. The average molecular weight is 461 g/mol. The summed E-state index contributed by atoms with van der Waals surface area (Å²) in [4.78, 5) is 24.9. The van der Waals surface area contributed by atoms with Crippen molar-refractivity contribution in [1.29, 1.82) is 0 Å². The highest BCUT2D eigenvalue weighted by Crippen LogP contribution is 2.38. The number of carbonyl (C=O) groups excluding carboxylic acids is 1. The minimum atomic E-state index is 0.0579. The number of methoxy groups -OCH3 is 1. The van der Waals surface area contributed by atoms with Crippen molar-refractivity contribution in [2.24, 2.45) is 0 Å². The van der Waals surface area contributed by atoms with Crippen LogP contribution in [-0.2, 0) is 0 Å². The number of ether oxygens (including phenoxy) is 1. The van der Waals surface area contributed by atoms with Crippen LogP contribution < -0.4 is 9.64 Å². The summed E-state index contributed by atoms with van der Waals surface area (Å²) in [5.41, 5.74) is 4.84. The van der Waals surface area contributed by atoms with Gasteiger partial charge in [0.2, 0.25) is 0 Å². The van der Waals surface area contributed by atoms with E-state index in [1.807, 2.05) is 66.4 Å². The summed E-state index contributed by atoms with van der Waals surface area (Å²) in [5.74, 6) is 1.77. The van der Waals surface area contributed by atoms with Crippen LogP contribution in [0.3, 0.4) is 0 Å². The van der Waals surface area contributed by atoms with Crippen LogP contribution in [0.4, 0.5) is 5.82 Å². The van der Waals surface area contributed by atoms with Crippen molar-refractivity contribution >= 4 is 34.2 Å². The molecule has 33 heavy (non-hydrogen) atoms. The molecule has 0 saturated carbocycles. The lowest BCUT2D eigenvalue weighted by Crippen LogP contribution is -2.49. The number of benzene rings is 2. The van der Waals surface area contributed by atoms with Gasteiger partial charge in [0.15, 0.2) is 5.75 Å². The van der Waals surface area contributed by atoms with E-state index in [1.165, 1.54) is 0 Å². The molecule has 1 saturated heterocycles. The summed E-state index contributed by atoms with van der Waals surface area (Å²) >= 11 is 6.18. The van der Waals surface area contributed by atoms with Crippen molar-refractivity contribution in [2.45, 2.75) is 6.92 Å². The van der Waals surface area contributed by atoms with Gasteiger partial charge >= 0.3 is 0 Å². The van der Waals surface area contributed by atoms with Crippen molar-refractivity contribution in [3.63, 3.8) is 0 Å². The van der Waals surface area contributed by atoms with E-state index < -0.39 is 0 Å². The summed E-state index contributed by atoms with van der Waals surface area (Å²) in [6.07, 6.45) is 1.81. The van der Waals surface area contributed by atoms with Gasteiger partial charge in [0.25, 0.3) is 5.91 Å². The summed E-state index contributed by atoms with van der Waals surface area (Å²) in [6.45, 7) is 4.70. The first kappa shape index (κ1) is 21.3. The second kappa shape index (κ2) is 8.79. The number of carbonyl (C=O) groups is 1. The van der Waals surface area contributed by atoms with Crippen LogP contribution in [0.1, 0.15) is 16.1 Å². The normalized spacial score (nSPS) is 14.0. The Morgan fingerprint density at radius 2 is 1.76 bits per heavy atom. The van der Waals surface area contributed by atoms with E-state index in [-0.39, 0.29) is 5.91 Å². The summed E-state index contributed by atoms with van der Waals surface area (Å²) in [6, 6.07) is 17.6. The molecule has 0 radical (unpaired) electrons. The topological polar surface area (TPSA) is 61.5 Å². The molecule has 0 bridgehead atoms. The van der Waals surface area contributed by atoms with Gasteiger partial charge in [-0.1, -0.05) is 23.7 Å². The van der Waals surface area contributed by atoms with Gasteiger partial charge < -0.3 is 19.5 Å². The van der Waals surface area contributed by atoms with E-state index in [9.17, 15) is 4.79 Å². The zero-order valence-corrected chi connectivity index (χ0v) is 19.4. The van der Waals surface area contributed by atoms with E-state index in [4.69, 9.17) is 16.3 Å². The maximum absolute atomic E-state index is 13.1. The Kier molecular flexibility index (Phi) is 5.68. The van der Waals surface area contributed by atoms with Crippen molar-refractivity contribution < 1.29 is 9.53 Å². The molecule has 0 atom stereocenters. The van der Waals surface area contributed by atoms with Crippen LogP contribution in [0.2, 0.25) is 5.02 Å². The number of hydrogen-bond acceptors (Lipinski definition) is 4. The molecular formula is C26H25ClN4O2. The molecule has 0 spiro atoms. The lowest BCUT2D eigenvalue weighted by molar-refractivity contribution is 0.0746. The van der Waals surface area contributed by atoms with Crippen LogP contribution in [0.25, 0.3) is 22.0 Å². The van der Waals surface area contributed by atoms with E-state index in [1.54, 1.807) is 13.3 Å². The zero-order chi connectivity index (χ0) is 22.9. The zero-order valence-electron chi connectivity index (χ0n) is 18.6. The van der Waals surface area contributed by atoms with E-state index in [0.29, 0.717) is 23.7 Å². The monoisotopic (exact) mass is 460 g/mol. The predicted molar refractivity (Wildman–Crippen MR) is 132 cm³/mol. The fourth-order valence-corrected chi connectivity index (χ4v) is 4.57. The van der Waals surface area contributed by atoms with Gasteiger partial charge in [-0.15, -0.1) is 0 Å². The van der Waals surface area contributed by atoms with Crippen molar-refractivity contribution in [1.82, 2.24) is 14.9 Å². The summed E-state index contributed by atoms with van der Waals surface area (Å²) in [7, 11) is 1.67. The molecule has 0 unspecified atom stereocenters. The molecule has 6 nitrogen and oxygen atoms in total. The highest BCUT2D eigenvalue weighted by atomic mass is 35.5. The highest BCUT2D eigenvalue weighted by molar-refractivity contribution is 6.31. The third kappa shape index (κ3) is 4.14. The Labute approximate surface area is 197 Å². The number of pyridine rings is 1. The number of fused-ring (bicyclic) bond motifs is 1. The number of amides is 1. The number of rotatable bonds is 4. The van der Waals surface area contributed by atoms with Gasteiger partial charge in [0.05, 0.1) is 12.6 Å². The molecule has 4 aromatic rings. The number of halogens is 1. The first-order chi connectivity index (χ1) is 16.0. The van der Waals surface area contributed by atoms with Crippen LogP contribution in [-0.4, -0.2) is 54.1 Å². The van der Waals surface area contributed by atoms with Gasteiger partial charge in [-0.3, -0.25) is 9.78 Å². The minimum absolute atomic E-state index is 0.0579. The molecule has 7 heteroatoms. The second-order valence-corrected chi connectivity index (χ2v) is 8.68. The van der Waals surface area contributed by atoms with Crippen molar-refractivity contribution in [3.05, 3.63) is 77.1 Å². The maximum Gasteiger partial charge on any atom is 0.253 e. The van der Waals surface area contributed by atoms with Gasteiger partial charge in [-0.2, -0.15) is 0 Å². The smallest absolute Gasteiger partial charge is 0.253 e. The number of anilines is 1. The Balaban J connectivity index is 1.28. The van der Waals surface area contributed by atoms with Crippen LogP contribution in [0.5, 0.6) is 5.75 Å². The number of nitrogens with zero attached hydrogens (tertiary/aromatic N) is 3. The summed E-state index contributed by atoms with van der Waals surface area (Å²) in [5, 5.41) is 1.63. The quantitative estimate of drug-likeness (QED) is 0.456. The molecule has 0 aliphatic carbocycles. The number of piperazine rings is 1. The molecule has 1 fully saturated rings. The average Bonchev–Trinajstić information content (AvgIpc) is 3.21.